The van der Waals surface area contributed by atoms with E-state index in [0.717, 1.165) is 5.75 Å². The van der Waals surface area contributed by atoms with Crippen LogP contribution in [0, 0.1) is 5.41 Å². The molecule has 94 valence electrons. The van der Waals surface area contributed by atoms with Gasteiger partial charge in [0.2, 0.25) is 0 Å². The van der Waals surface area contributed by atoms with Crippen LogP contribution in [0.2, 0.25) is 0 Å². The van der Waals surface area contributed by atoms with Crippen molar-refractivity contribution < 1.29 is 4.74 Å². The summed E-state index contributed by atoms with van der Waals surface area (Å²) in [4.78, 5) is 4.26. The number of nitrogens with one attached hydrogen (secondary N) is 1. The highest BCUT2D eigenvalue weighted by Gasteiger charge is 2.37. The number of pyridine rings is 1. The molecule has 1 fully saturated rings. The van der Waals surface area contributed by atoms with Gasteiger partial charge in [0.1, 0.15) is 5.75 Å². The smallest absolute Gasteiger partial charge is 0.137 e. The summed E-state index contributed by atoms with van der Waals surface area (Å²) in [6.07, 6.45) is 8.96. The minimum Gasteiger partial charge on any atom is -0.495 e. The average molecular weight is 234 g/mol. The fourth-order valence-electron chi connectivity index (χ4n) is 3.09. The molecule has 1 aromatic rings. The van der Waals surface area contributed by atoms with Gasteiger partial charge in [-0.15, -0.1) is 0 Å². The van der Waals surface area contributed by atoms with Crippen LogP contribution in [0.1, 0.15) is 44.2 Å². The van der Waals surface area contributed by atoms with E-state index in [1.165, 1.54) is 31.2 Å². The first-order chi connectivity index (χ1) is 8.19. The summed E-state index contributed by atoms with van der Waals surface area (Å²) < 4.78 is 5.25. The molecule has 0 amide bonds. The van der Waals surface area contributed by atoms with Crippen molar-refractivity contribution in [1.29, 1.82) is 0 Å². The van der Waals surface area contributed by atoms with Gasteiger partial charge in [-0.25, -0.2) is 0 Å². The Morgan fingerprint density at radius 1 is 1.35 bits per heavy atom. The van der Waals surface area contributed by atoms with Crippen molar-refractivity contribution in [2.45, 2.75) is 38.6 Å². The van der Waals surface area contributed by atoms with E-state index in [1.807, 2.05) is 13.2 Å². The van der Waals surface area contributed by atoms with E-state index in [-0.39, 0.29) is 0 Å². The number of ether oxygens (including phenoxy) is 1. The van der Waals surface area contributed by atoms with E-state index in [0.29, 0.717) is 11.5 Å². The molecule has 0 spiro atoms. The van der Waals surface area contributed by atoms with Crippen molar-refractivity contribution in [2.24, 2.45) is 5.41 Å². The Labute approximate surface area is 104 Å². The Morgan fingerprint density at radius 3 is 2.65 bits per heavy atom. The zero-order valence-corrected chi connectivity index (χ0v) is 11.0. The van der Waals surface area contributed by atoms with Crippen LogP contribution in [-0.4, -0.2) is 19.1 Å². The molecule has 1 N–H and O–H groups in total. The van der Waals surface area contributed by atoms with Crippen molar-refractivity contribution in [3.8, 4) is 5.75 Å². The van der Waals surface area contributed by atoms with Gasteiger partial charge in [-0.05, 0) is 36.9 Å². The maximum atomic E-state index is 5.25. The predicted molar refractivity (Wildman–Crippen MR) is 69.2 cm³/mol. The molecule has 0 bridgehead atoms. The largest absolute Gasteiger partial charge is 0.495 e. The molecule has 1 aliphatic carbocycles. The fourth-order valence-corrected chi connectivity index (χ4v) is 3.09. The highest BCUT2D eigenvalue weighted by molar-refractivity contribution is 5.27. The second-order valence-corrected chi connectivity index (χ2v) is 5.24. The summed E-state index contributed by atoms with van der Waals surface area (Å²) >= 11 is 0. The number of hydrogen-bond acceptors (Lipinski definition) is 3. The summed E-state index contributed by atoms with van der Waals surface area (Å²) in [6.45, 7) is 2.38. The minimum absolute atomic E-state index is 0.350. The van der Waals surface area contributed by atoms with Gasteiger partial charge >= 0.3 is 0 Å². The van der Waals surface area contributed by atoms with Crippen LogP contribution in [0.5, 0.6) is 5.75 Å². The summed E-state index contributed by atoms with van der Waals surface area (Å²) in [5, 5.41) is 3.46. The van der Waals surface area contributed by atoms with E-state index in [4.69, 9.17) is 4.74 Å². The second kappa shape index (κ2) is 5.05. The summed E-state index contributed by atoms with van der Waals surface area (Å²) in [5.74, 6) is 0.837. The van der Waals surface area contributed by atoms with Crippen LogP contribution >= 0.6 is 0 Å². The quantitative estimate of drug-likeness (QED) is 0.869. The SMILES string of the molecule is CNC(c1cncc(OC)c1)C1(C)CCCC1. The summed E-state index contributed by atoms with van der Waals surface area (Å²) in [6, 6.07) is 2.46. The fraction of sp³-hybridized carbons (Fsp3) is 0.643. The van der Waals surface area contributed by atoms with Crippen LogP contribution in [0.25, 0.3) is 0 Å². The lowest BCUT2D eigenvalue weighted by molar-refractivity contribution is 0.233. The molecule has 0 aromatic carbocycles. The van der Waals surface area contributed by atoms with Crippen molar-refractivity contribution in [2.75, 3.05) is 14.2 Å². The van der Waals surface area contributed by atoms with Crippen molar-refractivity contribution in [3.63, 3.8) is 0 Å². The zero-order valence-electron chi connectivity index (χ0n) is 11.0. The average Bonchev–Trinajstić information content (AvgIpc) is 2.78. The lowest BCUT2D eigenvalue weighted by Crippen LogP contribution is -2.32. The lowest BCUT2D eigenvalue weighted by Gasteiger charge is -2.34. The molecule has 1 aliphatic rings. The molecular formula is C14H22N2O. The predicted octanol–water partition coefficient (Wildman–Crippen LogP) is 2.93. The molecule has 1 saturated carbocycles. The molecule has 17 heavy (non-hydrogen) atoms. The zero-order chi connectivity index (χ0) is 12.3. The van der Waals surface area contributed by atoms with Crippen LogP contribution < -0.4 is 10.1 Å². The third kappa shape index (κ3) is 2.44. The Hall–Kier alpha value is -1.09. The number of aromatic nitrogens is 1. The van der Waals surface area contributed by atoms with E-state index >= 15 is 0 Å². The number of methoxy groups -OCH3 is 1. The van der Waals surface area contributed by atoms with Crippen LogP contribution in [-0.2, 0) is 0 Å². The molecule has 1 unspecified atom stereocenters. The third-order valence-corrected chi connectivity index (χ3v) is 4.03. The Kier molecular flexibility index (Phi) is 3.67. The molecule has 1 heterocycles. The molecule has 2 rings (SSSR count). The van der Waals surface area contributed by atoms with E-state index in [9.17, 15) is 0 Å². The Balaban J connectivity index is 2.27. The van der Waals surface area contributed by atoms with Crippen LogP contribution in [0.3, 0.4) is 0 Å². The van der Waals surface area contributed by atoms with Gasteiger partial charge in [-0.1, -0.05) is 19.8 Å². The van der Waals surface area contributed by atoms with Gasteiger partial charge in [-0.2, -0.15) is 0 Å². The maximum Gasteiger partial charge on any atom is 0.137 e. The van der Waals surface area contributed by atoms with E-state index < -0.39 is 0 Å². The first-order valence-corrected chi connectivity index (χ1v) is 6.36. The molecule has 0 aliphatic heterocycles. The number of hydrogen-bond donors (Lipinski definition) is 1. The lowest BCUT2D eigenvalue weighted by atomic mass is 9.77. The van der Waals surface area contributed by atoms with Crippen LogP contribution in [0.4, 0.5) is 0 Å². The van der Waals surface area contributed by atoms with Gasteiger partial charge in [0, 0.05) is 12.2 Å². The first-order valence-electron chi connectivity index (χ1n) is 6.36. The van der Waals surface area contributed by atoms with Gasteiger partial charge in [-0.3, -0.25) is 4.98 Å². The third-order valence-electron chi connectivity index (χ3n) is 4.03. The van der Waals surface area contributed by atoms with Crippen LogP contribution in [0.15, 0.2) is 18.5 Å². The molecular weight excluding hydrogens is 212 g/mol. The topological polar surface area (TPSA) is 34.2 Å². The molecule has 3 nitrogen and oxygen atoms in total. The van der Waals surface area contributed by atoms with Crippen molar-refractivity contribution in [3.05, 3.63) is 24.0 Å². The van der Waals surface area contributed by atoms with Gasteiger partial charge < -0.3 is 10.1 Å². The standard InChI is InChI=1S/C14H22N2O/c1-14(6-4-5-7-14)13(15-2)11-8-12(17-3)10-16-9-11/h8-10,13,15H,4-7H2,1-3H3. The monoisotopic (exact) mass is 234 g/mol. The van der Waals surface area contributed by atoms with E-state index in [1.54, 1.807) is 13.3 Å². The number of nitrogens with zero attached hydrogens (tertiary/aromatic N) is 1. The normalized spacial score (nSPS) is 20.2. The molecule has 0 radical (unpaired) electrons. The molecule has 1 atom stereocenters. The highest BCUT2D eigenvalue weighted by Crippen LogP contribution is 2.47. The number of rotatable bonds is 4. The van der Waals surface area contributed by atoms with Crippen molar-refractivity contribution in [1.82, 2.24) is 10.3 Å². The van der Waals surface area contributed by atoms with Gasteiger partial charge in [0.25, 0.3) is 0 Å². The summed E-state index contributed by atoms with van der Waals surface area (Å²) in [5.41, 5.74) is 1.58. The maximum absolute atomic E-state index is 5.25. The van der Waals surface area contributed by atoms with E-state index in [2.05, 4.69) is 23.3 Å². The summed E-state index contributed by atoms with van der Waals surface area (Å²) in [7, 11) is 3.72. The molecule has 3 heteroatoms. The molecule has 1 aromatic heterocycles. The highest BCUT2D eigenvalue weighted by atomic mass is 16.5. The second-order valence-electron chi connectivity index (χ2n) is 5.24. The molecule has 0 saturated heterocycles. The minimum atomic E-state index is 0.350. The van der Waals surface area contributed by atoms with Crippen molar-refractivity contribution >= 4 is 0 Å². The Bertz CT molecular complexity index is 372. The van der Waals surface area contributed by atoms with Gasteiger partial charge in [0.15, 0.2) is 0 Å². The Morgan fingerprint density at radius 2 is 2.06 bits per heavy atom. The first kappa shape index (κ1) is 12.4. The van der Waals surface area contributed by atoms with Gasteiger partial charge in [0.05, 0.1) is 13.3 Å².